The van der Waals surface area contributed by atoms with Crippen molar-refractivity contribution in [2.75, 3.05) is 0 Å². The van der Waals surface area contributed by atoms with Gasteiger partial charge in [-0.15, -0.1) is 0 Å². The molecule has 0 unspecified atom stereocenters. The summed E-state index contributed by atoms with van der Waals surface area (Å²) in [5.41, 5.74) is 14.7. The molecule has 3 aromatic rings. The number of hydrogen-bond donors (Lipinski definition) is 0. The molecule has 5 rings (SSSR count). The SMILES string of the molecule is Cc1ccc2c(c1)-c1cc3c(cc1CC2)-c1cc(C)ccc1CC3. The van der Waals surface area contributed by atoms with Crippen LogP contribution in [0.5, 0.6) is 0 Å². The van der Waals surface area contributed by atoms with Gasteiger partial charge in [0.25, 0.3) is 0 Å². The molecular weight excluding hydrogens is 288 g/mol. The van der Waals surface area contributed by atoms with Crippen LogP contribution in [-0.4, -0.2) is 0 Å². The number of hydrogen-bond acceptors (Lipinski definition) is 0. The molecule has 0 heterocycles. The Hall–Kier alpha value is -2.34. The fourth-order valence-electron chi connectivity index (χ4n) is 4.46. The van der Waals surface area contributed by atoms with Crippen LogP contribution in [0.4, 0.5) is 0 Å². The third kappa shape index (κ3) is 2.06. The van der Waals surface area contributed by atoms with Gasteiger partial charge in [-0.25, -0.2) is 0 Å². The van der Waals surface area contributed by atoms with Crippen LogP contribution in [0.1, 0.15) is 33.4 Å². The predicted octanol–water partition coefficient (Wildman–Crippen LogP) is 5.83. The average molecular weight is 310 g/mol. The zero-order valence-electron chi connectivity index (χ0n) is 14.4. The topological polar surface area (TPSA) is 0 Å². The van der Waals surface area contributed by atoms with Crippen LogP contribution in [0.2, 0.25) is 0 Å². The average Bonchev–Trinajstić information content (AvgIpc) is 2.60. The van der Waals surface area contributed by atoms with Gasteiger partial charge in [0.15, 0.2) is 0 Å². The molecule has 0 fully saturated rings. The molecule has 0 saturated heterocycles. The predicted molar refractivity (Wildman–Crippen MR) is 102 cm³/mol. The Morgan fingerprint density at radius 3 is 1.29 bits per heavy atom. The first-order valence-corrected chi connectivity index (χ1v) is 9.04. The molecule has 118 valence electrons. The van der Waals surface area contributed by atoms with Crippen LogP contribution in [0.3, 0.4) is 0 Å². The number of rotatable bonds is 0. The summed E-state index contributed by atoms with van der Waals surface area (Å²) in [4.78, 5) is 0. The molecule has 2 aliphatic rings. The number of fused-ring (bicyclic) bond motifs is 6. The van der Waals surface area contributed by atoms with E-state index >= 15 is 0 Å². The van der Waals surface area contributed by atoms with Gasteiger partial charge in [0, 0.05) is 0 Å². The highest BCUT2D eigenvalue weighted by Crippen LogP contribution is 2.41. The summed E-state index contributed by atoms with van der Waals surface area (Å²) in [5, 5.41) is 0. The number of benzene rings is 3. The number of aryl methyl sites for hydroxylation is 6. The van der Waals surface area contributed by atoms with Crippen LogP contribution in [0.25, 0.3) is 22.3 Å². The van der Waals surface area contributed by atoms with Gasteiger partial charge in [0.05, 0.1) is 0 Å². The third-order valence-electron chi connectivity index (χ3n) is 5.77. The first kappa shape index (κ1) is 14.0. The van der Waals surface area contributed by atoms with Crippen LogP contribution >= 0.6 is 0 Å². The molecule has 0 saturated carbocycles. The zero-order valence-corrected chi connectivity index (χ0v) is 14.4. The van der Waals surface area contributed by atoms with E-state index in [-0.39, 0.29) is 0 Å². The lowest BCUT2D eigenvalue weighted by molar-refractivity contribution is 0.915. The van der Waals surface area contributed by atoms with Gasteiger partial charge in [-0.3, -0.25) is 0 Å². The van der Waals surface area contributed by atoms with E-state index in [0.717, 1.165) is 0 Å². The monoisotopic (exact) mass is 310 g/mol. The van der Waals surface area contributed by atoms with Crippen molar-refractivity contribution in [3.63, 3.8) is 0 Å². The normalized spacial score (nSPS) is 14.4. The second kappa shape index (κ2) is 5.08. The molecule has 0 heteroatoms. The van der Waals surface area contributed by atoms with E-state index < -0.39 is 0 Å². The molecule has 0 spiro atoms. The Morgan fingerprint density at radius 2 is 0.833 bits per heavy atom. The maximum Gasteiger partial charge on any atom is -0.0146 e. The summed E-state index contributed by atoms with van der Waals surface area (Å²) in [6, 6.07) is 18.9. The molecule has 0 N–H and O–H groups in total. The van der Waals surface area contributed by atoms with Crippen molar-refractivity contribution < 1.29 is 0 Å². The van der Waals surface area contributed by atoms with E-state index in [2.05, 4.69) is 62.4 Å². The smallest absolute Gasteiger partial charge is 0.0146 e. The van der Waals surface area contributed by atoms with Crippen LogP contribution in [0.15, 0.2) is 48.5 Å². The van der Waals surface area contributed by atoms with E-state index in [1.165, 1.54) is 81.3 Å². The van der Waals surface area contributed by atoms with Crippen molar-refractivity contribution in [1.29, 1.82) is 0 Å². The highest BCUT2D eigenvalue weighted by atomic mass is 14.3. The molecule has 0 nitrogen and oxygen atoms in total. The van der Waals surface area contributed by atoms with Crippen molar-refractivity contribution in [2.24, 2.45) is 0 Å². The largest absolute Gasteiger partial charge is 0.0590 e. The summed E-state index contributed by atoms with van der Waals surface area (Å²) < 4.78 is 0. The molecule has 24 heavy (non-hydrogen) atoms. The highest BCUT2D eigenvalue weighted by Gasteiger charge is 2.22. The van der Waals surface area contributed by atoms with Crippen molar-refractivity contribution in [3.05, 3.63) is 81.9 Å². The molecule has 0 amide bonds. The van der Waals surface area contributed by atoms with Gasteiger partial charge >= 0.3 is 0 Å². The lowest BCUT2D eigenvalue weighted by Crippen LogP contribution is -2.09. The lowest BCUT2D eigenvalue weighted by atomic mass is 9.78. The van der Waals surface area contributed by atoms with E-state index in [1.54, 1.807) is 0 Å². The van der Waals surface area contributed by atoms with Crippen molar-refractivity contribution in [3.8, 4) is 22.3 Å². The summed E-state index contributed by atoms with van der Waals surface area (Å²) >= 11 is 0. The summed E-state index contributed by atoms with van der Waals surface area (Å²) in [5.74, 6) is 0. The molecule has 0 aromatic heterocycles. The Morgan fingerprint density at radius 1 is 0.458 bits per heavy atom. The fourth-order valence-corrected chi connectivity index (χ4v) is 4.46. The van der Waals surface area contributed by atoms with Gasteiger partial charge in [-0.2, -0.15) is 0 Å². The minimum absolute atomic E-state index is 1.17. The first-order chi connectivity index (χ1) is 11.7. The van der Waals surface area contributed by atoms with Gasteiger partial charge in [-0.05, 0) is 84.0 Å². The Kier molecular flexibility index (Phi) is 2.97. The van der Waals surface area contributed by atoms with Crippen LogP contribution in [0, 0.1) is 13.8 Å². The van der Waals surface area contributed by atoms with Gasteiger partial charge < -0.3 is 0 Å². The molecule has 0 radical (unpaired) electrons. The summed E-state index contributed by atoms with van der Waals surface area (Å²) in [6.07, 6.45) is 4.67. The fraction of sp³-hybridized carbons (Fsp3) is 0.250. The Balaban J connectivity index is 1.74. The second-order valence-electron chi connectivity index (χ2n) is 7.49. The van der Waals surface area contributed by atoms with Crippen molar-refractivity contribution >= 4 is 0 Å². The van der Waals surface area contributed by atoms with Crippen molar-refractivity contribution in [1.82, 2.24) is 0 Å². The minimum Gasteiger partial charge on any atom is -0.0590 e. The molecule has 2 aliphatic carbocycles. The second-order valence-corrected chi connectivity index (χ2v) is 7.49. The lowest BCUT2D eigenvalue weighted by Gasteiger charge is -2.26. The van der Waals surface area contributed by atoms with E-state index in [4.69, 9.17) is 0 Å². The molecule has 0 bridgehead atoms. The van der Waals surface area contributed by atoms with Gasteiger partial charge in [0.2, 0.25) is 0 Å². The van der Waals surface area contributed by atoms with Crippen LogP contribution in [-0.2, 0) is 25.7 Å². The van der Waals surface area contributed by atoms with E-state index in [1.807, 2.05) is 0 Å². The standard InChI is InChI=1S/C24H22/c1-15-3-5-17-7-9-19-14-24-20(13-23(19)21(17)11-15)10-8-18-6-4-16(2)12-22(18)24/h3-6,11-14H,7-10H2,1-2H3. The van der Waals surface area contributed by atoms with Gasteiger partial charge in [0.1, 0.15) is 0 Å². The zero-order chi connectivity index (χ0) is 16.3. The molecule has 0 atom stereocenters. The Bertz CT molecular complexity index is 894. The van der Waals surface area contributed by atoms with Crippen LogP contribution < -0.4 is 0 Å². The van der Waals surface area contributed by atoms with E-state index in [0.29, 0.717) is 0 Å². The maximum absolute atomic E-state index is 2.49. The maximum atomic E-state index is 2.49. The van der Waals surface area contributed by atoms with Crippen molar-refractivity contribution in [2.45, 2.75) is 39.5 Å². The molecular formula is C24H22. The first-order valence-electron chi connectivity index (χ1n) is 9.04. The Labute approximate surface area is 144 Å². The molecule has 0 aliphatic heterocycles. The third-order valence-corrected chi connectivity index (χ3v) is 5.77. The highest BCUT2D eigenvalue weighted by molar-refractivity contribution is 5.82. The minimum atomic E-state index is 1.17. The summed E-state index contributed by atoms with van der Waals surface area (Å²) in [6.45, 7) is 4.40. The molecule has 3 aromatic carbocycles. The quantitative estimate of drug-likeness (QED) is 0.489. The van der Waals surface area contributed by atoms with Gasteiger partial charge in [-0.1, -0.05) is 59.7 Å². The van der Waals surface area contributed by atoms with E-state index in [9.17, 15) is 0 Å². The summed E-state index contributed by atoms with van der Waals surface area (Å²) in [7, 11) is 0.